The molecule has 2 aliphatic carbocycles. The average Bonchev–Trinajstić information content (AvgIpc) is 3.52. The van der Waals surface area contributed by atoms with Crippen molar-refractivity contribution in [1.29, 1.82) is 0 Å². The van der Waals surface area contributed by atoms with E-state index in [-0.39, 0.29) is 41.4 Å². The molecule has 2 saturated carbocycles. The van der Waals surface area contributed by atoms with Gasteiger partial charge in [-0.25, -0.2) is 0 Å². The molecule has 3 aromatic carbocycles. The van der Waals surface area contributed by atoms with Gasteiger partial charge in [0, 0.05) is 5.56 Å². The Morgan fingerprint density at radius 3 is 2.24 bits per heavy atom. The molecule has 6 rings (SSSR count). The van der Waals surface area contributed by atoms with Gasteiger partial charge in [0.1, 0.15) is 0 Å². The molecule has 170 valence electrons. The van der Waals surface area contributed by atoms with Crippen LogP contribution in [0.3, 0.4) is 0 Å². The van der Waals surface area contributed by atoms with Gasteiger partial charge >= 0.3 is 0 Å². The third-order valence-corrected chi connectivity index (χ3v) is 8.08. The van der Waals surface area contributed by atoms with Crippen molar-refractivity contribution in [2.45, 2.75) is 18.8 Å². The molecule has 1 N–H and O–H groups in total. The topological polar surface area (TPSA) is 66.5 Å². The van der Waals surface area contributed by atoms with Crippen LogP contribution in [0.1, 0.15) is 34.7 Å². The molecule has 6 heteroatoms. The predicted octanol–water partition coefficient (Wildman–Crippen LogP) is 5.52. The number of fused-ring (bicyclic) bond motifs is 5. The second-order valence-corrected chi connectivity index (χ2v) is 9.86. The van der Waals surface area contributed by atoms with Crippen molar-refractivity contribution < 1.29 is 14.4 Å². The van der Waals surface area contributed by atoms with E-state index < -0.39 is 0 Å². The number of nitrogens with one attached hydrogen (secondary N) is 1. The molecule has 5 nitrogen and oxygen atoms in total. The van der Waals surface area contributed by atoms with Crippen LogP contribution in [0.2, 0.25) is 5.02 Å². The second-order valence-electron chi connectivity index (χ2n) is 9.46. The van der Waals surface area contributed by atoms with Gasteiger partial charge in [-0.15, -0.1) is 0 Å². The Hall–Kier alpha value is -3.44. The van der Waals surface area contributed by atoms with Crippen molar-refractivity contribution in [3.63, 3.8) is 0 Å². The molecule has 0 unspecified atom stereocenters. The van der Waals surface area contributed by atoms with Crippen LogP contribution in [0, 0.1) is 23.7 Å². The van der Waals surface area contributed by atoms with Gasteiger partial charge in [-0.1, -0.05) is 54.1 Å². The predicted molar refractivity (Wildman–Crippen MR) is 131 cm³/mol. The zero-order chi connectivity index (χ0) is 23.4. The molecule has 1 saturated heterocycles. The number of carbonyl (C=O) groups excluding carboxylic acids is 3. The molecule has 0 aromatic heterocycles. The number of carbonyl (C=O) groups is 3. The standard InChI is InChI=1S/C28H23ClN2O3/c29-22-8-4-5-9-23(22)30-26(32)17-10-12-19(13-11-17)31-27(33)24-18-14-20(16-6-2-1-3-7-16)21(15-18)25(24)28(31)34/h1-13,18,20-21,24-25H,14-15H2,(H,30,32)/t18-,20-,21+,24+,25+/m0/s1. The summed E-state index contributed by atoms with van der Waals surface area (Å²) in [6.45, 7) is 0. The van der Waals surface area contributed by atoms with E-state index in [0.29, 0.717) is 27.9 Å². The van der Waals surface area contributed by atoms with Crippen LogP contribution in [-0.2, 0) is 9.59 Å². The van der Waals surface area contributed by atoms with Crippen LogP contribution in [0.5, 0.6) is 0 Å². The third-order valence-electron chi connectivity index (χ3n) is 7.75. The van der Waals surface area contributed by atoms with Gasteiger partial charge in [0.25, 0.3) is 5.91 Å². The Kier molecular flexibility index (Phi) is 5.03. The zero-order valence-electron chi connectivity index (χ0n) is 18.4. The molecule has 2 bridgehead atoms. The Balaban J connectivity index is 1.22. The number of imide groups is 1. The summed E-state index contributed by atoms with van der Waals surface area (Å²) >= 11 is 6.13. The maximum absolute atomic E-state index is 13.5. The van der Waals surface area contributed by atoms with Gasteiger partial charge in [0.2, 0.25) is 11.8 Å². The summed E-state index contributed by atoms with van der Waals surface area (Å²) in [6.07, 6.45) is 1.91. The minimum Gasteiger partial charge on any atom is -0.321 e. The van der Waals surface area contributed by atoms with E-state index in [1.54, 1.807) is 48.5 Å². The highest BCUT2D eigenvalue weighted by molar-refractivity contribution is 6.34. The van der Waals surface area contributed by atoms with E-state index in [4.69, 9.17) is 11.6 Å². The number of anilines is 2. The SMILES string of the molecule is O=C(Nc1ccccc1Cl)c1ccc(N2C(=O)[C@@H]3[C@@H]4C[C@@H]([C@H]3C2=O)[C@H](c2ccccc2)C4)cc1. The van der Waals surface area contributed by atoms with Gasteiger partial charge < -0.3 is 5.32 Å². The molecule has 3 aliphatic rings. The maximum Gasteiger partial charge on any atom is 0.255 e. The number of para-hydroxylation sites is 1. The molecule has 3 aromatic rings. The molecule has 0 spiro atoms. The molecule has 1 aliphatic heterocycles. The van der Waals surface area contributed by atoms with Gasteiger partial charge in [-0.2, -0.15) is 0 Å². The number of amides is 3. The van der Waals surface area contributed by atoms with Crippen molar-refractivity contribution in [3.8, 4) is 0 Å². The highest BCUT2D eigenvalue weighted by Gasteiger charge is 2.64. The summed E-state index contributed by atoms with van der Waals surface area (Å²) in [6, 6.07) is 24.0. The number of rotatable bonds is 4. The summed E-state index contributed by atoms with van der Waals surface area (Å²) < 4.78 is 0. The maximum atomic E-state index is 13.5. The van der Waals surface area contributed by atoms with E-state index in [1.165, 1.54) is 10.5 Å². The Morgan fingerprint density at radius 2 is 1.50 bits per heavy atom. The number of hydrogen-bond donors (Lipinski definition) is 1. The highest BCUT2D eigenvalue weighted by atomic mass is 35.5. The van der Waals surface area contributed by atoms with Crippen LogP contribution < -0.4 is 10.2 Å². The minimum atomic E-state index is -0.306. The van der Waals surface area contributed by atoms with E-state index in [9.17, 15) is 14.4 Å². The van der Waals surface area contributed by atoms with Crippen LogP contribution >= 0.6 is 11.6 Å². The van der Waals surface area contributed by atoms with Crippen LogP contribution in [0.15, 0.2) is 78.9 Å². The number of benzene rings is 3. The number of hydrogen-bond acceptors (Lipinski definition) is 3. The van der Waals surface area contributed by atoms with Crippen LogP contribution in [0.25, 0.3) is 0 Å². The van der Waals surface area contributed by atoms with Gasteiger partial charge in [-0.3, -0.25) is 19.3 Å². The molecule has 3 amide bonds. The number of nitrogens with zero attached hydrogens (tertiary/aromatic N) is 1. The minimum absolute atomic E-state index is 0.0951. The monoisotopic (exact) mass is 470 g/mol. The molecule has 3 fully saturated rings. The lowest BCUT2D eigenvalue weighted by Gasteiger charge is -2.28. The first kappa shape index (κ1) is 21.1. The summed E-state index contributed by atoms with van der Waals surface area (Å²) in [5, 5.41) is 3.24. The Morgan fingerprint density at radius 1 is 0.824 bits per heavy atom. The van der Waals surface area contributed by atoms with E-state index >= 15 is 0 Å². The van der Waals surface area contributed by atoms with Crippen LogP contribution in [-0.4, -0.2) is 17.7 Å². The lowest BCUT2D eigenvalue weighted by Crippen LogP contribution is -2.33. The van der Waals surface area contributed by atoms with Crippen LogP contribution in [0.4, 0.5) is 11.4 Å². The Bertz CT molecular complexity index is 1290. The lowest BCUT2D eigenvalue weighted by molar-refractivity contribution is -0.123. The van der Waals surface area contributed by atoms with E-state index in [2.05, 4.69) is 17.4 Å². The molecule has 5 atom stereocenters. The fourth-order valence-corrected chi connectivity index (χ4v) is 6.50. The van der Waals surface area contributed by atoms with Crippen molar-refractivity contribution in [2.75, 3.05) is 10.2 Å². The van der Waals surface area contributed by atoms with Crippen molar-refractivity contribution in [2.24, 2.45) is 23.7 Å². The number of halogens is 1. The zero-order valence-corrected chi connectivity index (χ0v) is 19.1. The van der Waals surface area contributed by atoms with E-state index in [1.807, 2.05) is 18.2 Å². The molecular formula is C28H23ClN2O3. The summed E-state index contributed by atoms with van der Waals surface area (Å²) in [5.74, 6) is -0.180. The summed E-state index contributed by atoms with van der Waals surface area (Å²) in [4.78, 5) is 40.8. The summed E-state index contributed by atoms with van der Waals surface area (Å²) in [5.41, 5.74) is 2.74. The second kappa shape index (κ2) is 8.10. The quantitative estimate of drug-likeness (QED) is 0.510. The van der Waals surface area contributed by atoms with Crippen molar-refractivity contribution >= 4 is 40.7 Å². The van der Waals surface area contributed by atoms with E-state index in [0.717, 1.165) is 12.8 Å². The van der Waals surface area contributed by atoms with Gasteiger partial charge in [0.15, 0.2) is 0 Å². The first-order chi connectivity index (χ1) is 16.5. The Labute approximate surface area is 202 Å². The molecule has 0 radical (unpaired) electrons. The summed E-state index contributed by atoms with van der Waals surface area (Å²) in [7, 11) is 0. The lowest BCUT2D eigenvalue weighted by atomic mass is 9.73. The first-order valence-electron chi connectivity index (χ1n) is 11.6. The molecule has 1 heterocycles. The molecule has 34 heavy (non-hydrogen) atoms. The van der Waals surface area contributed by atoms with Gasteiger partial charge in [-0.05, 0) is 72.6 Å². The normalized spacial score (nSPS) is 27.2. The largest absolute Gasteiger partial charge is 0.321 e. The van der Waals surface area contributed by atoms with Crippen molar-refractivity contribution in [1.82, 2.24) is 0 Å². The third kappa shape index (κ3) is 3.26. The molecular weight excluding hydrogens is 448 g/mol. The fraction of sp³-hybridized carbons (Fsp3) is 0.250. The smallest absolute Gasteiger partial charge is 0.255 e. The average molecular weight is 471 g/mol. The van der Waals surface area contributed by atoms with Crippen molar-refractivity contribution in [3.05, 3.63) is 95.0 Å². The fourth-order valence-electron chi connectivity index (χ4n) is 6.32. The highest BCUT2D eigenvalue weighted by Crippen LogP contribution is 2.61. The first-order valence-corrected chi connectivity index (χ1v) is 12.0. The van der Waals surface area contributed by atoms with Gasteiger partial charge in [0.05, 0.1) is 28.2 Å².